The number of unbranched alkanes of at least 4 members (excludes halogenated alkanes) is 2. The monoisotopic (exact) mass is 323 g/mol. The van der Waals surface area contributed by atoms with Crippen molar-refractivity contribution in [2.75, 3.05) is 6.54 Å². The van der Waals surface area contributed by atoms with Crippen molar-refractivity contribution in [2.45, 2.75) is 51.7 Å². The van der Waals surface area contributed by atoms with Crippen LogP contribution in [0.2, 0.25) is 0 Å². The minimum Gasteiger partial charge on any atom is -0.508 e. The predicted molar refractivity (Wildman–Crippen MR) is 86.1 cm³/mol. The molecular weight excluding hydrogens is 298 g/mol. The molecule has 6 heteroatoms. The van der Waals surface area contributed by atoms with Crippen LogP contribution in [-0.4, -0.2) is 34.7 Å². The summed E-state index contributed by atoms with van der Waals surface area (Å²) < 4.78 is 5.06. The van der Waals surface area contributed by atoms with Crippen LogP contribution in [0.4, 0.5) is 0 Å². The first-order chi connectivity index (χ1) is 11.0. The van der Waals surface area contributed by atoms with Gasteiger partial charge in [0.15, 0.2) is 0 Å². The standard InChI is InChI=1S/C17H25NO5/c1-2-3-6-11-18-14(17(21)22)9-10-16(20)23-12-13-7-4-5-8-15(13)19/h4-5,7-8,14,18-19H,2-3,6,9-12H2,1H3,(H,21,22). The molecule has 1 rings (SSSR count). The summed E-state index contributed by atoms with van der Waals surface area (Å²) in [5.41, 5.74) is 0.522. The van der Waals surface area contributed by atoms with E-state index in [-0.39, 0.29) is 25.2 Å². The van der Waals surface area contributed by atoms with E-state index in [2.05, 4.69) is 12.2 Å². The number of hydrogen-bond donors (Lipinski definition) is 3. The number of hydrogen-bond acceptors (Lipinski definition) is 5. The smallest absolute Gasteiger partial charge is 0.320 e. The van der Waals surface area contributed by atoms with E-state index in [1.54, 1.807) is 18.2 Å². The maximum atomic E-state index is 11.7. The molecule has 1 unspecified atom stereocenters. The summed E-state index contributed by atoms with van der Waals surface area (Å²) in [5.74, 6) is -1.37. The minimum absolute atomic E-state index is 0.0192. The third-order valence-electron chi connectivity index (χ3n) is 3.49. The van der Waals surface area contributed by atoms with Crippen molar-refractivity contribution < 1.29 is 24.5 Å². The topological polar surface area (TPSA) is 95.9 Å². The van der Waals surface area contributed by atoms with Gasteiger partial charge in [-0.05, 0) is 25.5 Å². The third-order valence-corrected chi connectivity index (χ3v) is 3.49. The van der Waals surface area contributed by atoms with Gasteiger partial charge in [-0.15, -0.1) is 0 Å². The van der Waals surface area contributed by atoms with Gasteiger partial charge in [0, 0.05) is 12.0 Å². The Bertz CT molecular complexity index is 504. The number of aliphatic carboxylic acids is 1. The molecule has 1 aromatic rings. The Labute approximate surface area is 136 Å². The van der Waals surface area contributed by atoms with Crippen LogP contribution in [0.25, 0.3) is 0 Å². The summed E-state index contributed by atoms with van der Waals surface area (Å²) in [6.07, 6.45) is 3.23. The second kappa shape index (κ2) is 10.6. The first-order valence-corrected chi connectivity index (χ1v) is 7.93. The number of carbonyl (C=O) groups excluding carboxylic acids is 1. The fourth-order valence-electron chi connectivity index (χ4n) is 2.09. The van der Waals surface area contributed by atoms with Gasteiger partial charge in [-0.25, -0.2) is 0 Å². The van der Waals surface area contributed by atoms with Gasteiger partial charge in [0.05, 0.1) is 0 Å². The van der Waals surface area contributed by atoms with Gasteiger partial charge in [0.1, 0.15) is 18.4 Å². The molecule has 0 radical (unpaired) electrons. The lowest BCUT2D eigenvalue weighted by molar-refractivity contribution is -0.145. The summed E-state index contributed by atoms with van der Waals surface area (Å²) in [6.45, 7) is 2.68. The Morgan fingerprint density at radius 1 is 1.26 bits per heavy atom. The molecule has 6 nitrogen and oxygen atoms in total. The highest BCUT2D eigenvalue weighted by Gasteiger charge is 2.18. The SMILES string of the molecule is CCCCCNC(CCC(=O)OCc1ccccc1O)C(=O)O. The van der Waals surface area contributed by atoms with Crippen molar-refractivity contribution in [3.8, 4) is 5.75 Å². The van der Waals surface area contributed by atoms with Gasteiger partial charge in [0.25, 0.3) is 0 Å². The molecule has 0 bridgehead atoms. The molecule has 0 amide bonds. The number of carbonyl (C=O) groups is 2. The number of esters is 1. The molecule has 0 saturated carbocycles. The van der Waals surface area contributed by atoms with Crippen LogP contribution in [-0.2, 0) is 20.9 Å². The van der Waals surface area contributed by atoms with Gasteiger partial charge in [-0.1, -0.05) is 38.0 Å². The molecule has 0 aliphatic heterocycles. The first-order valence-electron chi connectivity index (χ1n) is 7.93. The van der Waals surface area contributed by atoms with Crippen molar-refractivity contribution in [1.29, 1.82) is 0 Å². The highest BCUT2D eigenvalue weighted by atomic mass is 16.5. The molecule has 128 valence electrons. The van der Waals surface area contributed by atoms with E-state index >= 15 is 0 Å². The zero-order chi connectivity index (χ0) is 17.1. The van der Waals surface area contributed by atoms with E-state index in [4.69, 9.17) is 9.84 Å². The Morgan fingerprint density at radius 2 is 2.00 bits per heavy atom. The zero-order valence-electron chi connectivity index (χ0n) is 13.5. The second-order valence-corrected chi connectivity index (χ2v) is 5.38. The molecule has 0 fully saturated rings. The molecule has 0 aliphatic rings. The molecule has 23 heavy (non-hydrogen) atoms. The van der Waals surface area contributed by atoms with Crippen LogP contribution >= 0.6 is 0 Å². The molecule has 1 atom stereocenters. The number of phenols is 1. The molecule has 3 N–H and O–H groups in total. The van der Waals surface area contributed by atoms with Crippen molar-refractivity contribution >= 4 is 11.9 Å². The number of nitrogens with one attached hydrogen (secondary N) is 1. The van der Waals surface area contributed by atoms with Crippen LogP contribution in [0.1, 0.15) is 44.6 Å². The van der Waals surface area contributed by atoms with E-state index in [1.165, 1.54) is 6.07 Å². The maximum Gasteiger partial charge on any atom is 0.320 e. The Morgan fingerprint density at radius 3 is 2.65 bits per heavy atom. The zero-order valence-corrected chi connectivity index (χ0v) is 13.5. The highest BCUT2D eigenvalue weighted by Crippen LogP contribution is 2.16. The van der Waals surface area contributed by atoms with Crippen LogP contribution in [0, 0.1) is 0 Å². The number of phenolic OH excluding ortho intramolecular Hbond substituents is 1. The Kier molecular flexibility index (Phi) is 8.75. The van der Waals surface area contributed by atoms with Gasteiger partial charge in [-0.3, -0.25) is 9.59 Å². The van der Waals surface area contributed by atoms with Gasteiger partial charge in [0.2, 0.25) is 0 Å². The van der Waals surface area contributed by atoms with E-state index in [1.807, 2.05) is 0 Å². The van der Waals surface area contributed by atoms with Crippen molar-refractivity contribution in [3.63, 3.8) is 0 Å². The van der Waals surface area contributed by atoms with E-state index < -0.39 is 18.0 Å². The molecule has 0 aromatic heterocycles. The van der Waals surface area contributed by atoms with Crippen molar-refractivity contribution in [2.24, 2.45) is 0 Å². The van der Waals surface area contributed by atoms with E-state index in [0.717, 1.165) is 19.3 Å². The Balaban J connectivity index is 2.31. The summed E-state index contributed by atoms with van der Waals surface area (Å²) in [7, 11) is 0. The fraction of sp³-hybridized carbons (Fsp3) is 0.529. The van der Waals surface area contributed by atoms with Crippen molar-refractivity contribution in [1.82, 2.24) is 5.32 Å². The normalized spacial score (nSPS) is 11.9. The summed E-state index contributed by atoms with van der Waals surface area (Å²) in [5, 5.41) is 21.7. The van der Waals surface area contributed by atoms with Crippen LogP contribution in [0.15, 0.2) is 24.3 Å². The summed E-state index contributed by atoms with van der Waals surface area (Å²) >= 11 is 0. The van der Waals surface area contributed by atoms with Crippen molar-refractivity contribution in [3.05, 3.63) is 29.8 Å². The molecule has 0 saturated heterocycles. The summed E-state index contributed by atoms with van der Waals surface area (Å²) in [6, 6.07) is 5.86. The van der Waals surface area contributed by atoms with Gasteiger partial charge < -0.3 is 20.3 Å². The summed E-state index contributed by atoms with van der Waals surface area (Å²) in [4.78, 5) is 22.9. The molecule has 0 spiro atoms. The number of rotatable bonds is 11. The molecule has 1 aromatic carbocycles. The van der Waals surface area contributed by atoms with Gasteiger partial charge in [-0.2, -0.15) is 0 Å². The maximum absolute atomic E-state index is 11.7. The average Bonchev–Trinajstić information content (AvgIpc) is 2.53. The number of para-hydroxylation sites is 1. The van der Waals surface area contributed by atoms with Crippen LogP contribution in [0.3, 0.4) is 0 Å². The third kappa shape index (κ3) is 7.65. The van der Waals surface area contributed by atoms with Crippen LogP contribution in [0.5, 0.6) is 5.75 Å². The van der Waals surface area contributed by atoms with E-state index in [9.17, 15) is 14.7 Å². The molecule has 0 aliphatic carbocycles. The fourth-order valence-corrected chi connectivity index (χ4v) is 2.09. The number of carboxylic acids is 1. The first kappa shape index (κ1) is 19.0. The lowest BCUT2D eigenvalue weighted by atomic mass is 10.1. The van der Waals surface area contributed by atoms with E-state index in [0.29, 0.717) is 12.1 Å². The lowest BCUT2D eigenvalue weighted by Gasteiger charge is -2.14. The largest absolute Gasteiger partial charge is 0.508 e. The Hall–Kier alpha value is -2.08. The quantitative estimate of drug-likeness (QED) is 0.427. The average molecular weight is 323 g/mol. The predicted octanol–water partition coefficient (Wildman–Crippen LogP) is 2.45. The van der Waals surface area contributed by atoms with Gasteiger partial charge >= 0.3 is 11.9 Å². The number of carboxylic acid groups (broad SMARTS) is 1. The number of aromatic hydroxyl groups is 1. The molecule has 0 heterocycles. The number of ether oxygens (including phenoxy) is 1. The minimum atomic E-state index is -0.963. The second-order valence-electron chi connectivity index (χ2n) is 5.38. The van der Waals surface area contributed by atoms with Crippen LogP contribution < -0.4 is 5.32 Å². The molecular formula is C17H25NO5. The number of benzene rings is 1. The lowest BCUT2D eigenvalue weighted by Crippen LogP contribution is -2.37. The highest BCUT2D eigenvalue weighted by molar-refractivity contribution is 5.75.